The number of thiazole rings is 1. The number of hydrogen-bond donors (Lipinski definition) is 2. The van der Waals surface area contributed by atoms with Crippen molar-refractivity contribution in [2.24, 2.45) is 11.3 Å². The van der Waals surface area contributed by atoms with Crippen LogP contribution in [-0.2, 0) is 4.79 Å². The molecule has 1 aromatic heterocycles. The van der Waals surface area contributed by atoms with Gasteiger partial charge in [-0.05, 0) is 56.1 Å². The molecule has 0 radical (unpaired) electrons. The third-order valence-electron chi connectivity index (χ3n) is 7.14. The summed E-state index contributed by atoms with van der Waals surface area (Å²) >= 11 is 1.68. The molecule has 1 saturated heterocycles. The Hall–Kier alpha value is -1.99. The molecule has 3 amide bonds. The Labute approximate surface area is 182 Å². The zero-order valence-electron chi connectivity index (χ0n) is 18.6. The highest BCUT2D eigenvalue weighted by atomic mass is 32.1. The van der Waals surface area contributed by atoms with Crippen LogP contribution < -0.4 is 10.2 Å². The molecule has 7 heteroatoms. The summed E-state index contributed by atoms with van der Waals surface area (Å²) in [6.45, 7) is 9.25. The number of benzene rings is 1. The van der Waals surface area contributed by atoms with Crippen molar-refractivity contribution >= 4 is 33.5 Å². The summed E-state index contributed by atoms with van der Waals surface area (Å²) in [7, 11) is 2.03. The van der Waals surface area contributed by atoms with Gasteiger partial charge in [0.05, 0.1) is 17.3 Å². The molecule has 2 fully saturated rings. The number of amides is 3. The van der Waals surface area contributed by atoms with Crippen molar-refractivity contribution in [3.63, 3.8) is 0 Å². The maximum absolute atomic E-state index is 13.3. The molecule has 1 spiro atoms. The van der Waals surface area contributed by atoms with Gasteiger partial charge in [0, 0.05) is 0 Å². The number of para-hydroxylation sites is 1. The monoisotopic (exact) mass is 429 g/mol. The van der Waals surface area contributed by atoms with E-state index in [-0.39, 0.29) is 23.4 Å². The molecule has 1 aliphatic heterocycles. The van der Waals surface area contributed by atoms with Gasteiger partial charge < -0.3 is 10.2 Å². The summed E-state index contributed by atoms with van der Waals surface area (Å²) in [6, 6.07) is 7.96. The number of quaternary nitrogens is 1. The number of urea groups is 1. The topological polar surface area (TPSA) is 66.7 Å². The van der Waals surface area contributed by atoms with Crippen LogP contribution >= 0.6 is 11.3 Å². The zero-order chi connectivity index (χ0) is 21.7. The van der Waals surface area contributed by atoms with Gasteiger partial charge in [-0.15, -0.1) is 11.3 Å². The second kappa shape index (κ2) is 7.61. The standard InChI is InChI=1S/C23H32N4O2S/c1-15(19-24-17-8-6-7-9-18(17)30-19)26(5)14-27-20(28)23(25-21(27)29)12-10-16(11-13-23)22(2,3)4/h6-9,15-16H,10-14H2,1-5H3,(H,25,29)/p+1/t15-,16?,23?/m1/s1. The van der Waals surface area contributed by atoms with E-state index in [1.54, 1.807) is 11.3 Å². The van der Waals surface area contributed by atoms with E-state index < -0.39 is 5.54 Å². The van der Waals surface area contributed by atoms with Crippen molar-refractivity contribution < 1.29 is 14.5 Å². The Morgan fingerprint density at radius 2 is 1.93 bits per heavy atom. The molecule has 4 rings (SSSR count). The number of aromatic nitrogens is 1. The van der Waals surface area contributed by atoms with Crippen LogP contribution in [0.2, 0.25) is 0 Å². The summed E-state index contributed by atoms with van der Waals surface area (Å²) in [6.07, 6.45) is 3.44. The second-order valence-corrected chi connectivity index (χ2v) is 11.2. The van der Waals surface area contributed by atoms with Gasteiger partial charge in [-0.1, -0.05) is 32.9 Å². The molecule has 2 N–H and O–H groups in total. The van der Waals surface area contributed by atoms with Crippen molar-refractivity contribution in [3.05, 3.63) is 29.3 Å². The number of rotatable bonds is 4. The molecular weight excluding hydrogens is 396 g/mol. The highest BCUT2D eigenvalue weighted by molar-refractivity contribution is 7.18. The lowest BCUT2D eigenvalue weighted by Gasteiger charge is -2.40. The summed E-state index contributed by atoms with van der Waals surface area (Å²) in [5.41, 5.74) is 0.545. The first-order valence-electron chi connectivity index (χ1n) is 10.9. The summed E-state index contributed by atoms with van der Waals surface area (Å²) < 4.78 is 1.16. The summed E-state index contributed by atoms with van der Waals surface area (Å²) in [5, 5.41) is 4.09. The average Bonchev–Trinajstić information content (AvgIpc) is 3.22. The van der Waals surface area contributed by atoms with Gasteiger partial charge in [0.1, 0.15) is 11.6 Å². The molecule has 162 valence electrons. The number of hydrogen-bond acceptors (Lipinski definition) is 4. The van der Waals surface area contributed by atoms with E-state index >= 15 is 0 Å². The highest BCUT2D eigenvalue weighted by Crippen LogP contribution is 2.43. The Balaban J connectivity index is 1.44. The van der Waals surface area contributed by atoms with Crippen molar-refractivity contribution in [2.75, 3.05) is 13.7 Å². The molecule has 2 aromatic rings. The predicted octanol–water partition coefficient (Wildman–Crippen LogP) is 3.36. The third kappa shape index (κ3) is 3.73. The van der Waals surface area contributed by atoms with Gasteiger partial charge >= 0.3 is 6.03 Å². The molecule has 1 aliphatic carbocycles. The van der Waals surface area contributed by atoms with Crippen LogP contribution in [0.1, 0.15) is 64.4 Å². The van der Waals surface area contributed by atoms with Crippen molar-refractivity contribution in [1.82, 2.24) is 15.2 Å². The minimum Gasteiger partial charge on any atom is -0.323 e. The van der Waals surface area contributed by atoms with E-state index in [0.29, 0.717) is 12.6 Å². The molecule has 1 saturated carbocycles. The molecule has 2 heterocycles. The first-order valence-corrected chi connectivity index (χ1v) is 11.7. The largest absolute Gasteiger partial charge is 0.329 e. The minimum atomic E-state index is -0.696. The molecule has 1 unspecified atom stereocenters. The molecule has 2 atom stereocenters. The van der Waals surface area contributed by atoms with Gasteiger partial charge in [-0.3, -0.25) is 4.79 Å². The van der Waals surface area contributed by atoms with Crippen molar-refractivity contribution in [3.8, 4) is 0 Å². The van der Waals surface area contributed by atoms with E-state index in [1.165, 1.54) is 4.90 Å². The zero-order valence-corrected chi connectivity index (χ0v) is 19.4. The lowest BCUT2D eigenvalue weighted by Crippen LogP contribution is -3.10. The van der Waals surface area contributed by atoms with Gasteiger partial charge in [0.2, 0.25) is 0 Å². The van der Waals surface area contributed by atoms with Crippen molar-refractivity contribution in [1.29, 1.82) is 0 Å². The SMILES string of the molecule is C[C@H](c1nc2ccccc2s1)[NH+](C)CN1C(=O)NC2(CCC(C(C)(C)C)CC2)C1=O. The fourth-order valence-corrected chi connectivity index (χ4v) is 5.92. The van der Waals surface area contributed by atoms with Crippen LogP contribution in [0, 0.1) is 11.3 Å². The van der Waals surface area contributed by atoms with Gasteiger partial charge in [-0.2, -0.15) is 0 Å². The van der Waals surface area contributed by atoms with E-state index in [9.17, 15) is 9.59 Å². The number of nitrogens with zero attached hydrogens (tertiary/aromatic N) is 2. The number of carbonyl (C=O) groups excluding carboxylic acids is 2. The van der Waals surface area contributed by atoms with Crippen LogP contribution in [-0.4, -0.2) is 41.1 Å². The Kier molecular flexibility index (Phi) is 5.39. The Bertz CT molecular complexity index is 923. The number of imide groups is 1. The van der Waals surface area contributed by atoms with E-state index in [2.05, 4.69) is 39.1 Å². The van der Waals surface area contributed by atoms with Gasteiger partial charge in [0.15, 0.2) is 11.7 Å². The molecule has 0 bridgehead atoms. The molecular formula is C23H33N4O2S+. The van der Waals surface area contributed by atoms with Crippen LogP contribution in [0.5, 0.6) is 0 Å². The van der Waals surface area contributed by atoms with Crippen LogP contribution in [0.4, 0.5) is 4.79 Å². The van der Waals surface area contributed by atoms with Crippen molar-refractivity contribution in [2.45, 2.75) is 65.0 Å². The number of nitrogens with one attached hydrogen (secondary N) is 2. The van der Waals surface area contributed by atoms with Crippen LogP contribution in [0.25, 0.3) is 10.2 Å². The number of fused-ring (bicyclic) bond motifs is 1. The molecule has 2 aliphatic rings. The van der Waals surface area contributed by atoms with E-state index in [1.807, 2.05) is 25.2 Å². The minimum absolute atomic E-state index is 0.0456. The normalized spacial score (nSPS) is 27.0. The quantitative estimate of drug-likeness (QED) is 0.733. The molecule has 30 heavy (non-hydrogen) atoms. The van der Waals surface area contributed by atoms with E-state index in [0.717, 1.165) is 45.8 Å². The molecule has 6 nitrogen and oxygen atoms in total. The second-order valence-electron chi connectivity index (χ2n) is 10.1. The summed E-state index contributed by atoms with van der Waals surface area (Å²) in [4.78, 5) is 33.3. The maximum atomic E-state index is 13.3. The molecule has 1 aromatic carbocycles. The lowest BCUT2D eigenvalue weighted by atomic mass is 9.67. The fourth-order valence-electron chi connectivity index (χ4n) is 4.81. The smallest absolute Gasteiger partial charge is 0.323 e. The van der Waals surface area contributed by atoms with Gasteiger partial charge in [-0.25, -0.2) is 14.7 Å². The van der Waals surface area contributed by atoms with Gasteiger partial charge in [0.25, 0.3) is 5.91 Å². The Morgan fingerprint density at radius 3 is 2.57 bits per heavy atom. The first-order chi connectivity index (χ1) is 14.1. The third-order valence-corrected chi connectivity index (χ3v) is 8.36. The first kappa shape index (κ1) is 21.2. The van der Waals surface area contributed by atoms with E-state index in [4.69, 9.17) is 4.98 Å². The fraction of sp³-hybridized carbons (Fsp3) is 0.609. The number of carbonyl (C=O) groups is 2. The van der Waals surface area contributed by atoms with Crippen LogP contribution in [0.3, 0.4) is 0 Å². The average molecular weight is 430 g/mol. The van der Waals surface area contributed by atoms with Crippen LogP contribution in [0.15, 0.2) is 24.3 Å². The highest BCUT2D eigenvalue weighted by Gasteiger charge is 2.54. The summed E-state index contributed by atoms with van der Waals surface area (Å²) in [5.74, 6) is 0.546. The predicted molar refractivity (Wildman–Crippen MR) is 119 cm³/mol. The Morgan fingerprint density at radius 1 is 1.27 bits per heavy atom. The lowest BCUT2D eigenvalue weighted by molar-refractivity contribution is -0.917. The maximum Gasteiger partial charge on any atom is 0.329 e.